The highest BCUT2D eigenvalue weighted by Crippen LogP contribution is 2.32. The van der Waals surface area contributed by atoms with E-state index in [0.717, 1.165) is 18.6 Å². The molecule has 2 N–H and O–H groups in total. The number of carbonyl (C=O) groups is 1. The maximum Gasteiger partial charge on any atom is 0.416 e. The first-order chi connectivity index (χ1) is 13.7. The molecule has 3 unspecified atom stereocenters. The molecule has 10 heteroatoms. The number of amides is 1. The number of hydrogen-bond acceptors (Lipinski definition) is 4. The summed E-state index contributed by atoms with van der Waals surface area (Å²) in [5.41, 5.74) is -0.490. The predicted molar refractivity (Wildman–Crippen MR) is 97.1 cm³/mol. The summed E-state index contributed by atoms with van der Waals surface area (Å²) in [6.07, 6.45) is 1.37. The zero-order valence-corrected chi connectivity index (χ0v) is 15.9. The molecule has 1 aliphatic rings. The van der Waals surface area contributed by atoms with E-state index in [0.29, 0.717) is 11.8 Å². The van der Waals surface area contributed by atoms with Crippen LogP contribution in [-0.2, 0) is 11.0 Å². The van der Waals surface area contributed by atoms with Crippen LogP contribution in [0, 0.1) is 5.82 Å². The van der Waals surface area contributed by atoms with E-state index in [2.05, 4.69) is 20.9 Å². The van der Waals surface area contributed by atoms with Crippen molar-refractivity contribution in [2.24, 2.45) is 0 Å². The van der Waals surface area contributed by atoms with Gasteiger partial charge in [-0.3, -0.25) is 10.1 Å². The standard InChI is InChI=1S/C19H21F4N5O/c1-3-4-5-17-24-15(9-18(29)25-17)16-10-28(27-26-16)11(2)13-7-6-12(8-14(13)20)19(21,22)23/h4-8,10-11,15,17,24H,3,9H2,1-2H3,(H,25,29)/b5-4+. The lowest BCUT2D eigenvalue weighted by molar-refractivity contribution is -0.137. The molecule has 1 aromatic carbocycles. The van der Waals surface area contributed by atoms with Crippen molar-refractivity contribution < 1.29 is 22.4 Å². The molecule has 2 aromatic rings. The van der Waals surface area contributed by atoms with Crippen molar-refractivity contribution in [3.63, 3.8) is 0 Å². The van der Waals surface area contributed by atoms with Crippen molar-refractivity contribution in [3.8, 4) is 0 Å². The zero-order chi connectivity index (χ0) is 21.2. The smallest absolute Gasteiger partial charge is 0.337 e. The van der Waals surface area contributed by atoms with Crippen LogP contribution in [0.4, 0.5) is 17.6 Å². The molecule has 3 atom stereocenters. The van der Waals surface area contributed by atoms with E-state index in [-0.39, 0.29) is 30.1 Å². The summed E-state index contributed by atoms with van der Waals surface area (Å²) in [6, 6.07) is 1.36. The molecule has 3 rings (SSSR count). The van der Waals surface area contributed by atoms with Crippen LogP contribution in [-0.4, -0.2) is 27.1 Å². The van der Waals surface area contributed by atoms with Gasteiger partial charge in [0.15, 0.2) is 0 Å². The summed E-state index contributed by atoms with van der Waals surface area (Å²) >= 11 is 0. The molecule has 2 heterocycles. The van der Waals surface area contributed by atoms with Gasteiger partial charge in [-0.15, -0.1) is 5.10 Å². The maximum atomic E-state index is 14.3. The molecule has 1 fully saturated rings. The molecule has 1 aliphatic heterocycles. The van der Waals surface area contributed by atoms with Crippen molar-refractivity contribution in [2.75, 3.05) is 0 Å². The molecule has 156 valence electrons. The topological polar surface area (TPSA) is 71.8 Å². The summed E-state index contributed by atoms with van der Waals surface area (Å²) in [4.78, 5) is 12.0. The number of alkyl halides is 3. The van der Waals surface area contributed by atoms with Gasteiger partial charge in [0.25, 0.3) is 0 Å². The number of hydrogen-bond donors (Lipinski definition) is 2. The fourth-order valence-electron chi connectivity index (χ4n) is 3.13. The molecule has 0 saturated carbocycles. The highest BCUT2D eigenvalue weighted by atomic mass is 19.4. The number of allylic oxidation sites excluding steroid dienone is 1. The Morgan fingerprint density at radius 1 is 1.38 bits per heavy atom. The van der Waals surface area contributed by atoms with Gasteiger partial charge in [-0.1, -0.05) is 30.4 Å². The largest absolute Gasteiger partial charge is 0.416 e. The average Bonchev–Trinajstić information content (AvgIpc) is 3.15. The van der Waals surface area contributed by atoms with Gasteiger partial charge in [0, 0.05) is 12.0 Å². The van der Waals surface area contributed by atoms with Gasteiger partial charge in [-0.2, -0.15) is 13.2 Å². The second-order valence-corrected chi connectivity index (χ2v) is 6.84. The van der Waals surface area contributed by atoms with Crippen LogP contribution in [0.2, 0.25) is 0 Å². The Bertz CT molecular complexity index is 908. The number of halogens is 4. The molecule has 0 radical (unpaired) electrons. The summed E-state index contributed by atoms with van der Waals surface area (Å²) in [6.45, 7) is 3.59. The molecule has 0 bridgehead atoms. The van der Waals surface area contributed by atoms with Crippen LogP contribution in [0.3, 0.4) is 0 Å². The Labute approximate surface area is 165 Å². The second-order valence-electron chi connectivity index (χ2n) is 6.84. The number of nitrogens with zero attached hydrogens (tertiary/aromatic N) is 3. The van der Waals surface area contributed by atoms with Crippen molar-refractivity contribution in [3.05, 3.63) is 59.2 Å². The summed E-state index contributed by atoms with van der Waals surface area (Å²) in [7, 11) is 0. The SMILES string of the molecule is CC/C=C/C1NC(=O)CC(c2cn(C(C)c3ccc(C(F)(F)F)cc3F)nn2)N1. The number of nitrogens with one attached hydrogen (secondary N) is 2. The third-order valence-electron chi connectivity index (χ3n) is 4.71. The van der Waals surface area contributed by atoms with Crippen molar-refractivity contribution in [2.45, 2.75) is 51.1 Å². The van der Waals surface area contributed by atoms with Gasteiger partial charge < -0.3 is 5.32 Å². The van der Waals surface area contributed by atoms with Gasteiger partial charge in [-0.25, -0.2) is 9.07 Å². The van der Waals surface area contributed by atoms with E-state index in [1.807, 2.05) is 19.1 Å². The molecular weight excluding hydrogens is 390 g/mol. The van der Waals surface area contributed by atoms with Gasteiger partial charge in [0.1, 0.15) is 11.5 Å². The molecule has 1 aromatic heterocycles. The quantitative estimate of drug-likeness (QED) is 0.584. The van der Waals surface area contributed by atoms with Crippen LogP contribution in [0.15, 0.2) is 36.5 Å². The minimum atomic E-state index is -4.61. The summed E-state index contributed by atoms with van der Waals surface area (Å²) in [5, 5.41) is 14.1. The average molecular weight is 411 g/mol. The van der Waals surface area contributed by atoms with Gasteiger partial charge >= 0.3 is 6.18 Å². The molecular formula is C19H21F4N5O. The van der Waals surface area contributed by atoms with E-state index >= 15 is 0 Å². The van der Waals surface area contributed by atoms with Crippen LogP contribution in [0.5, 0.6) is 0 Å². The number of rotatable bonds is 5. The monoisotopic (exact) mass is 411 g/mol. The Hall–Kier alpha value is -2.75. The number of carbonyl (C=O) groups excluding carboxylic acids is 1. The highest BCUT2D eigenvalue weighted by molar-refractivity contribution is 5.78. The number of aromatic nitrogens is 3. The number of benzene rings is 1. The lowest BCUT2D eigenvalue weighted by Gasteiger charge is -2.28. The van der Waals surface area contributed by atoms with Crippen LogP contribution in [0.25, 0.3) is 0 Å². The minimum absolute atomic E-state index is 0.0625. The second kappa shape index (κ2) is 8.32. The van der Waals surface area contributed by atoms with Gasteiger partial charge in [0.05, 0.1) is 30.0 Å². The van der Waals surface area contributed by atoms with E-state index in [4.69, 9.17) is 0 Å². The van der Waals surface area contributed by atoms with Gasteiger partial charge in [-0.05, 0) is 25.5 Å². The molecule has 0 spiro atoms. The Morgan fingerprint density at radius 2 is 2.14 bits per heavy atom. The first-order valence-electron chi connectivity index (χ1n) is 9.19. The molecule has 1 saturated heterocycles. The maximum absolute atomic E-state index is 14.3. The Morgan fingerprint density at radius 3 is 2.79 bits per heavy atom. The van der Waals surface area contributed by atoms with Gasteiger partial charge in [0.2, 0.25) is 5.91 Å². The fraction of sp³-hybridized carbons (Fsp3) is 0.421. The van der Waals surface area contributed by atoms with E-state index in [1.54, 1.807) is 13.1 Å². The van der Waals surface area contributed by atoms with Crippen molar-refractivity contribution >= 4 is 5.91 Å². The zero-order valence-electron chi connectivity index (χ0n) is 15.9. The predicted octanol–water partition coefficient (Wildman–Crippen LogP) is 3.49. The first kappa shape index (κ1) is 21.0. The minimum Gasteiger partial charge on any atom is -0.337 e. The lowest BCUT2D eigenvalue weighted by atomic mass is 10.0. The Kier molecular flexibility index (Phi) is 6.02. The fourth-order valence-corrected chi connectivity index (χ4v) is 3.13. The third-order valence-corrected chi connectivity index (χ3v) is 4.71. The first-order valence-corrected chi connectivity index (χ1v) is 9.19. The summed E-state index contributed by atoms with van der Waals surface area (Å²) < 4.78 is 53.8. The highest BCUT2D eigenvalue weighted by Gasteiger charge is 2.32. The molecule has 0 aliphatic carbocycles. The van der Waals surface area contributed by atoms with E-state index in [1.165, 1.54) is 4.68 Å². The molecule has 6 nitrogen and oxygen atoms in total. The van der Waals surface area contributed by atoms with E-state index in [9.17, 15) is 22.4 Å². The van der Waals surface area contributed by atoms with Crippen molar-refractivity contribution in [1.82, 2.24) is 25.6 Å². The van der Waals surface area contributed by atoms with Crippen molar-refractivity contribution in [1.29, 1.82) is 0 Å². The van der Waals surface area contributed by atoms with Crippen LogP contribution in [0.1, 0.15) is 55.6 Å². The van der Waals surface area contributed by atoms with Crippen LogP contribution < -0.4 is 10.6 Å². The van der Waals surface area contributed by atoms with E-state index < -0.39 is 23.6 Å². The third kappa shape index (κ3) is 4.81. The Balaban J connectivity index is 1.79. The molecule has 1 amide bonds. The lowest BCUT2D eigenvalue weighted by Crippen LogP contribution is -2.51. The molecule has 29 heavy (non-hydrogen) atoms. The van der Waals surface area contributed by atoms with Crippen LogP contribution >= 0.6 is 0 Å². The normalized spacial score (nSPS) is 21.4. The summed E-state index contributed by atoms with van der Waals surface area (Å²) in [5.74, 6) is -1.11.